The second-order valence-corrected chi connectivity index (χ2v) is 6.53. The molecule has 1 unspecified atom stereocenters. The molecule has 0 aromatic heterocycles. The van der Waals surface area contributed by atoms with Crippen molar-refractivity contribution in [2.75, 3.05) is 0 Å². The average molecular weight is 226 g/mol. The van der Waals surface area contributed by atoms with Gasteiger partial charge in [-0.25, -0.2) is 0 Å². The van der Waals surface area contributed by atoms with Crippen LogP contribution in [0.4, 0.5) is 0 Å². The summed E-state index contributed by atoms with van der Waals surface area (Å²) in [4.78, 5) is 0. The van der Waals surface area contributed by atoms with E-state index in [1.165, 1.54) is 68.0 Å². The predicted octanol–water partition coefficient (Wildman–Crippen LogP) is 1.09. The first-order valence-corrected chi connectivity index (χ1v) is 8.02. The van der Waals surface area contributed by atoms with Crippen LogP contribution in [0.25, 0.3) is 0 Å². The Morgan fingerprint density at radius 3 is 1.60 bits per heavy atom. The minimum Gasteiger partial charge on any atom is -0.303 e. The second kappa shape index (κ2) is 6.02. The molecular weight excluding hydrogens is 200 g/mol. The van der Waals surface area contributed by atoms with Crippen molar-refractivity contribution in [1.82, 2.24) is 10.6 Å². The predicted molar refractivity (Wildman–Crippen MR) is 69.1 cm³/mol. The van der Waals surface area contributed by atoms with E-state index in [0.29, 0.717) is 5.79 Å². The summed E-state index contributed by atoms with van der Waals surface area (Å²) < 4.78 is 0. The van der Waals surface area contributed by atoms with Gasteiger partial charge in [-0.3, -0.25) is 0 Å². The van der Waals surface area contributed by atoms with Crippen molar-refractivity contribution >= 4 is 10.2 Å². The molecule has 0 aliphatic heterocycles. The Kier molecular flexibility index (Phi) is 4.66. The van der Waals surface area contributed by atoms with E-state index in [2.05, 4.69) is 10.6 Å². The molecular formula is C12H26N2Si. The monoisotopic (exact) mass is 226 g/mol. The molecule has 1 atom stereocenters. The van der Waals surface area contributed by atoms with Gasteiger partial charge in [0.1, 0.15) is 0 Å². The Hall–Kier alpha value is 0.137. The molecule has 3 heteroatoms. The lowest BCUT2D eigenvalue weighted by molar-refractivity contribution is 0.334. The summed E-state index contributed by atoms with van der Waals surface area (Å²) >= 11 is 0. The highest BCUT2D eigenvalue weighted by atomic mass is 28.1. The first kappa shape index (κ1) is 11.6. The van der Waals surface area contributed by atoms with Crippen LogP contribution < -0.4 is 10.6 Å². The summed E-state index contributed by atoms with van der Waals surface area (Å²) in [6.07, 6.45) is 12.8. The zero-order valence-electron chi connectivity index (χ0n) is 10.1. The van der Waals surface area contributed by atoms with Gasteiger partial charge in [-0.1, -0.05) is 32.1 Å². The molecule has 2 saturated carbocycles. The van der Waals surface area contributed by atoms with Gasteiger partial charge in [0.2, 0.25) is 0 Å². The maximum atomic E-state index is 3.80. The molecule has 0 amide bonds. The maximum Gasteiger partial charge on any atom is 0.0423 e. The van der Waals surface area contributed by atoms with Crippen LogP contribution in [0.15, 0.2) is 0 Å². The minimum absolute atomic E-state index is 0.649. The molecule has 88 valence electrons. The zero-order valence-corrected chi connectivity index (χ0v) is 12.1. The third kappa shape index (κ3) is 3.89. The van der Waals surface area contributed by atoms with E-state index < -0.39 is 0 Å². The number of hydrogen-bond donors (Lipinski definition) is 2. The van der Waals surface area contributed by atoms with Crippen molar-refractivity contribution in [2.24, 2.45) is 0 Å². The highest BCUT2D eigenvalue weighted by Crippen LogP contribution is 2.19. The maximum absolute atomic E-state index is 3.80. The minimum atomic E-state index is 0.649. The molecule has 2 N–H and O–H groups in total. The SMILES string of the molecule is [SiH3]C(NC1CCCCC1)NC1CCCC1. The molecule has 2 aliphatic carbocycles. The fraction of sp³-hybridized carbons (Fsp3) is 1.00. The Balaban J connectivity index is 1.64. The summed E-state index contributed by atoms with van der Waals surface area (Å²) in [5, 5.41) is 7.57. The Morgan fingerprint density at radius 1 is 0.733 bits per heavy atom. The molecule has 0 heterocycles. The van der Waals surface area contributed by atoms with Crippen molar-refractivity contribution in [3.63, 3.8) is 0 Å². The lowest BCUT2D eigenvalue weighted by Crippen LogP contribution is -2.51. The van der Waals surface area contributed by atoms with Gasteiger partial charge >= 0.3 is 0 Å². The van der Waals surface area contributed by atoms with Crippen LogP contribution in [0.2, 0.25) is 0 Å². The molecule has 0 saturated heterocycles. The summed E-state index contributed by atoms with van der Waals surface area (Å²) in [6, 6.07) is 1.64. The first-order chi connectivity index (χ1) is 7.34. The van der Waals surface area contributed by atoms with Crippen molar-refractivity contribution in [1.29, 1.82) is 0 Å². The van der Waals surface area contributed by atoms with Gasteiger partial charge in [-0.2, -0.15) is 0 Å². The third-order valence-electron chi connectivity index (χ3n) is 3.93. The first-order valence-electron chi connectivity index (χ1n) is 6.87. The van der Waals surface area contributed by atoms with E-state index >= 15 is 0 Å². The van der Waals surface area contributed by atoms with Crippen LogP contribution in [0, 0.1) is 0 Å². The Labute approximate surface area is 97.0 Å². The number of nitrogens with one attached hydrogen (secondary N) is 2. The summed E-state index contributed by atoms with van der Waals surface area (Å²) in [5.74, 6) is 0.649. The lowest BCUT2D eigenvalue weighted by atomic mass is 9.96. The molecule has 2 rings (SSSR count). The molecule has 0 aromatic carbocycles. The molecule has 0 spiro atoms. The summed E-state index contributed by atoms with van der Waals surface area (Å²) in [7, 11) is 1.24. The molecule has 15 heavy (non-hydrogen) atoms. The smallest absolute Gasteiger partial charge is 0.0423 e. The summed E-state index contributed by atoms with van der Waals surface area (Å²) in [5.41, 5.74) is 0. The van der Waals surface area contributed by atoms with E-state index in [9.17, 15) is 0 Å². The second-order valence-electron chi connectivity index (χ2n) is 5.37. The lowest BCUT2D eigenvalue weighted by Gasteiger charge is -2.29. The van der Waals surface area contributed by atoms with Gasteiger partial charge in [0.05, 0.1) is 0 Å². The normalized spacial score (nSPS) is 27.2. The number of rotatable bonds is 4. The van der Waals surface area contributed by atoms with E-state index in [0.717, 1.165) is 12.1 Å². The Morgan fingerprint density at radius 2 is 1.13 bits per heavy atom. The molecule has 0 radical (unpaired) electrons. The summed E-state index contributed by atoms with van der Waals surface area (Å²) in [6.45, 7) is 0. The van der Waals surface area contributed by atoms with Crippen LogP contribution in [-0.4, -0.2) is 28.1 Å². The highest BCUT2D eigenvalue weighted by Gasteiger charge is 2.19. The number of hydrogen-bond acceptors (Lipinski definition) is 2. The van der Waals surface area contributed by atoms with E-state index in [4.69, 9.17) is 0 Å². The van der Waals surface area contributed by atoms with Gasteiger partial charge in [0.25, 0.3) is 0 Å². The highest BCUT2D eigenvalue weighted by molar-refractivity contribution is 6.11. The van der Waals surface area contributed by atoms with E-state index in [1.807, 2.05) is 0 Å². The molecule has 2 fully saturated rings. The van der Waals surface area contributed by atoms with Gasteiger partial charge < -0.3 is 10.6 Å². The molecule has 2 nitrogen and oxygen atoms in total. The van der Waals surface area contributed by atoms with Crippen molar-refractivity contribution < 1.29 is 0 Å². The van der Waals surface area contributed by atoms with Crippen LogP contribution in [0.5, 0.6) is 0 Å². The fourth-order valence-electron chi connectivity index (χ4n) is 3.12. The van der Waals surface area contributed by atoms with Crippen molar-refractivity contribution in [3.8, 4) is 0 Å². The van der Waals surface area contributed by atoms with Crippen LogP contribution in [0.1, 0.15) is 57.8 Å². The Bertz CT molecular complexity index is 174. The van der Waals surface area contributed by atoms with Crippen molar-refractivity contribution in [3.05, 3.63) is 0 Å². The van der Waals surface area contributed by atoms with E-state index in [1.54, 1.807) is 0 Å². The van der Waals surface area contributed by atoms with Crippen LogP contribution >= 0.6 is 0 Å². The standard InChI is InChI=1S/C12H26N2Si/c15-12(14-11-8-4-5-9-11)13-10-6-2-1-3-7-10/h10-14H,1-9H2,15H3. The van der Waals surface area contributed by atoms with E-state index in [-0.39, 0.29) is 0 Å². The van der Waals surface area contributed by atoms with Crippen LogP contribution in [-0.2, 0) is 0 Å². The molecule has 0 aromatic rings. The quantitative estimate of drug-likeness (QED) is 0.554. The topological polar surface area (TPSA) is 24.1 Å². The van der Waals surface area contributed by atoms with Gasteiger partial charge in [0.15, 0.2) is 0 Å². The average Bonchev–Trinajstić information content (AvgIpc) is 2.71. The van der Waals surface area contributed by atoms with Gasteiger partial charge in [-0.05, 0) is 25.7 Å². The van der Waals surface area contributed by atoms with Gasteiger partial charge in [-0.15, -0.1) is 0 Å². The fourth-order valence-corrected chi connectivity index (χ4v) is 4.06. The molecule has 0 bridgehead atoms. The van der Waals surface area contributed by atoms with Gasteiger partial charge in [0, 0.05) is 28.1 Å². The third-order valence-corrected chi connectivity index (χ3v) is 4.60. The van der Waals surface area contributed by atoms with Crippen LogP contribution in [0.3, 0.4) is 0 Å². The molecule has 2 aliphatic rings. The van der Waals surface area contributed by atoms with Crippen molar-refractivity contribution in [2.45, 2.75) is 75.7 Å². The zero-order chi connectivity index (χ0) is 10.5. The largest absolute Gasteiger partial charge is 0.303 e.